The van der Waals surface area contributed by atoms with Crippen LogP contribution in [0.4, 0.5) is 0 Å². The van der Waals surface area contributed by atoms with Crippen molar-refractivity contribution in [1.29, 1.82) is 0 Å². The normalized spacial score (nSPS) is 10.8. The molecule has 0 unspecified atom stereocenters. The molecule has 78 valence electrons. The zero-order chi connectivity index (χ0) is 10.1. The van der Waals surface area contributed by atoms with Gasteiger partial charge in [0, 0.05) is 11.0 Å². The molecular formula is C11H22BrN. The summed E-state index contributed by atoms with van der Waals surface area (Å²) in [5.41, 5.74) is 0. The molecule has 0 saturated carbocycles. The van der Waals surface area contributed by atoms with Crippen LogP contribution < -0.4 is 0 Å². The summed E-state index contributed by atoms with van der Waals surface area (Å²) >= 11 is 3.42. The van der Waals surface area contributed by atoms with Crippen LogP contribution in [0.2, 0.25) is 0 Å². The highest BCUT2D eigenvalue weighted by Crippen LogP contribution is 2.06. The van der Waals surface area contributed by atoms with Crippen molar-refractivity contribution in [3.8, 4) is 0 Å². The molecule has 0 aromatic rings. The minimum Gasteiger partial charge on any atom is -0.299 e. The molecule has 0 aliphatic rings. The lowest BCUT2D eigenvalue weighted by molar-refractivity contribution is 0.291. The van der Waals surface area contributed by atoms with Crippen LogP contribution in [0.5, 0.6) is 0 Å². The third-order valence-electron chi connectivity index (χ3n) is 2.05. The standard InChI is InChI=1S/C11H22BrN/c1-4-6-8-13(9-7-5-2)10-11(3)12/h3-10H2,1-2H3. The minimum absolute atomic E-state index is 1.00. The topological polar surface area (TPSA) is 3.24 Å². The van der Waals surface area contributed by atoms with Gasteiger partial charge in [-0.2, -0.15) is 0 Å². The van der Waals surface area contributed by atoms with Crippen molar-refractivity contribution in [2.24, 2.45) is 0 Å². The number of hydrogen-bond acceptors (Lipinski definition) is 1. The summed E-state index contributed by atoms with van der Waals surface area (Å²) in [4.78, 5) is 2.48. The van der Waals surface area contributed by atoms with Gasteiger partial charge in [0.15, 0.2) is 0 Å². The lowest BCUT2D eigenvalue weighted by atomic mass is 10.2. The monoisotopic (exact) mass is 247 g/mol. The van der Waals surface area contributed by atoms with Crippen LogP contribution in [-0.4, -0.2) is 24.5 Å². The first-order valence-electron chi connectivity index (χ1n) is 5.26. The number of hydrogen-bond donors (Lipinski definition) is 0. The molecule has 0 amide bonds. The van der Waals surface area contributed by atoms with E-state index >= 15 is 0 Å². The zero-order valence-electron chi connectivity index (χ0n) is 8.98. The smallest absolute Gasteiger partial charge is 0.0293 e. The van der Waals surface area contributed by atoms with Gasteiger partial charge < -0.3 is 0 Å². The van der Waals surface area contributed by atoms with E-state index in [1.54, 1.807) is 0 Å². The molecule has 0 heterocycles. The van der Waals surface area contributed by atoms with Gasteiger partial charge in [-0.05, 0) is 25.9 Å². The summed E-state index contributed by atoms with van der Waals surface area (Å²) in [6.07, 6.45) is 5.14. The highest BCUT2D eigenvalue weighted by Gasteiger charge is 2.03. The van der Waals surface area contributed by atoms with Crippen molar-refractivity contribution >= 4 is 15.9 Å². The third kappa shape index (κ3) is 8.51. The van der Waals surface area contributed by atoms with Gasteiger partial charge in [-0.15, -0.1) is 0 Å². The molecule has 1 nitrogen and oxygen atoms in total. The molecule has 0 aromatic heterocycles. The van der Waals surface area contributed by atoms with Crippen LogP contribution >= 0.6 is 15.9 Å². The summed E-state index contributed by atoms with van der Waals surface area (Å²) in [7, 11) is 0. The van der Waals surface area contributed by atoms with E-state index < -0.39 is 0 Å². The quantitative estimate of drug-likeness (QED) is 0.631. The fraction of sp³-hybridized carbons (Fsp3) is 0.818. The number of nitrogens with zero attached hydrogens (tertiary/aromatic N) is 1. The molecule has 0 aromatic carbocycles. The SMILES string of the molecule is C=C(Br)CN(CCCC)CCCC. The fourth-order valence-corrected chi connectivity index (χ4v) is 1.63. The van der Waals surface area contributed by atoms with Crippen LogP contribution in [-0.2, 0) is 0 Å². The molecule has 0 saturated heterocycles. The van der Waals surface area contributed by atoms with E-state index in [1.165, 1.54) is 38.8 Å². The van der Waals surface area contributed by atoms with Crippen molar-refractivity contribution in [2.75, 3.05) is 19.6 Å². The van der Waals surface area contributed by atoms with Crippen molar-refractivity contribution < 1.29 is 0 Å². The van der Waals surface area contributed by atoms with Crippen molar-refractivity contribution in [1.82, 2.24) is 4.90 Å². The van der Waals surface area contributed by atoms with Gasteiger partial charge in [0.2, 0.25) is 0 Å². The predicted octanol–water partition coefficient (Wildman–Crippen LogP) is 3.80. The van der Waals surface area contributed by atoms with Crippen LogP contribution in [0.3, 0.4) is 0 Å². The molecular weight excluding hydrogens is 226 g/mol. The molecule has 0 aliphatic heterocycles. The van der Waals surface area contributed by atoms with Crippen LogP contribution in [0.1, 0.15) is 39.5 Å². The summed E-state index contributed by atoms with van der Waals surface area (Å²) in [6, 6.07) is 0. The molecule has 0 bridgehead atoms. The van der Waals surface area contributed by atoms with E-state index in [4.69, 9.17) is 0 Å². The highest BCUT2D eigenvalue weighted by molar-refractivity contribution is 9.11. The van der Waals surface area contributed by atoms with Crippen LogP contribution in [0.25, 0.3) is 0 Å². The molecule has 0 spiro atoms. The number of unbranched alkanes of at least 4 members (excludes halogenated alkanes) is 2. The van der Waals surface area contributed by atoms with E-state index in [0.29, 0.717) is 0 Å². The second kappa shape index (κ2) is 8.76. The molecule has 2 heteroatoms. The summed E-state index contributed by atoms with van der Waals surface area (Å²) in [5.74, 6) is 0. The Morgan fingerprint density at radius 2 is 1.62 bits per heavy atom. The Labute approximate surface area is 91.3 Å². The first-order chi connectivity index (χ1) is 6.20. The predicted molar refractivity (Wildman–Crippen MR) is 64.3 cm³/mol. The third-order valence-corrected chi connectivity index (χ3v) is 2.30. The minimum atomic E-state index is 1.00. The Kier molecular flexibility index (Phi) is 8.89. The summed E-state index contributed by atoms with van der Waals surface area (Å²) in [5, 5.41) is 0. The second-order valence-corrected chi connectivity index (χ2v) is 4.62. The van der Waals surface area contributed by atoms with Crippen LogP contribution in [0.15, 0.2) is 11.1 Å². The zero-order valence-corrected chi connectivity index (χ0v) is 10.6. The van der Waals surface area contributed by atoms with E-state index in [0.717, 1.165) is 11.0 Å². The van der Waals surface area contributed by atoms with Gasteiger partial charge in [0.25, 0.3) is 0 Å². The van der Waals surface area contributed by atoms with Crippen molar-refractivity contribution in [3.05, 3.63) is 11.1 Å². The first-order valence-corrected chi connectivity index (χ1v) is 6.05. The molecule has 0 aliphatic carbocycles. The van der Waals surface area contributed by atoms with Gasteiger partial charge in [-0.25, -0.2) is 0 Å². The molecule has 0 rings (SSSR count). The Morgan fingerprint density at radius 3 is 1.92 bits per heavy atom. The molecule has 0 atom stereocenters. The van der Waals surface area contributed by atoms with E-state index in [-0.39, 0.29) is 0 Å². The average Bonchev–Trinajstić information content (AvgIpc) is 2.09. The maximum Gasteiger partial charge on any atom is 0.0293 e. The maximum absolute atomic E-state index is 3.89. The second-order valence-electron chi connectivity index (χ2n) is 3.50. The highest BCUT2D eigenvalue weighted by atomic mass is 79.9. The first kappa shape index (κ1) is 13.2. The van der Waals surface area contributed by atoms with Gasteiger partial charge in [-0.1, -0.05) is 49.2 Å². The molecule has 0 N–H and O–H groups in total. The maximum atomic E-state index is 3.89. The van der Waals surface area contributed by atoms with Gasteiger partial charge in [-0.3, -0.25) is 4.90 Å². The van der Waals surface area contributed by atoms with E-state index in [2.05, 4.69) is 41.3 Å². The summed E-state index contributed by atoms with van der Waals surface area (Å²) in [6.45, 7) is 11.8. The van der Waals surface area contributed by atoms with Crippen molar-refractivity contribution in [2.45, 2.75) is 39.5 Å². The lowest BCUT2D eigenvalue weighted by Gasteiger charge is -2.21. The Morgan fingerprint density at radius 1 is 1.15 bits per heavy atom. The molecule has 0 radical (unpaired) electrons. The largest absolute Gasteiger partial charge is 0.299 e. The summed E-state index contributed by atoms with van der Waals surface area (Å²) < 4.78 is 1.10. The van der Waals surface area contributed by atoms with Gasteiger partial charge >= 0.3 is 0 Å². The Bertz CT molecular complexity index is 126. The fourth-order valence-electron chi connectivity index (χ4n) is 1.28. The van der Waals surface area contributed by atoms with Crippen molar-refractivity contribution in [3.63, 3.8) is 0 Å². The number of halogens is 1. The van der Waals surface area contributed by atoms with Gasteiger partial charge in [0.1, 0.15) is 0 Å². The van der Waals surface area contributed by atoms with E-state index in [9.17, 15) is 0 Å². The Balaban J connectivity index is 3.66. The molecule has 0 fully saturated rings. The van der Waals surface area contributed by atoms with Gasteiger partial charge in [0.05, 0.1) is 0 Å². The Hall–Kier alpha value is 0.180. The average molecular weight is 248 g/mol. The molecule has 13 heavy (non-hydrogen) atoms. The number of rotatable bonds is 8. The lowest BCUT2D eigenvalue weighted by Crippen LogP contribution is -2.27. The van der Waals surface area contributed by atoms with Crippen LogP contribution in [0, 0.1) is 0 Å². The van der Waals surface area contributed by atoms with E-state index in [1.807, 2.05) is 0 Å².